The molecule has 1 heterocycles. The molecule has 0 N–H and O–H groups in total. The SMILES string of the molecule is COc1ccc(CN2CCN(S(=O)(=O)c3ccc([N+](=O)[O-])cc3)CC2)c(OC)c1OC. The number of nitro groups is 1. The third-order valence-corrected chi connectivity index (χ3v) is 7.11. The minimum atomic E-state index is -3.71. The molecule has 0 saturated carbocycles. The van der Waals surface area contributed by atoms with Crippen molar-refractivity contribution < 1.29 is 27.6 Å². The van der Waals surface area contributed by atoms with Crippen LogP contribution in [0.4, 0.5) is 5.69 Å². The molecule has 1 aliphatic heterocycles. The van der Waals surface area contributed by atoms with Crippen molar-refractivity contribution in [3.8, 4) is 17.2 Å². The summed E-state index contributed by atoms with van der Waals surface area (Å²) in [6.07, 6.45) is 0. The van der Waals surface area contributed by atoms with Crippen molar-refractivity contribution in [2.75, 3.05) is 47.5 Å². The summed E-state index contributed by atoms with van der Waals surface area (Å²) in [5, 5.41) is 10.8. The van der Waals surface area contributed by atoms with E-state index >= 15 is 0 Å². The molecule has 0 radical (unpaired) electrons. The van der Waals surface area contributed by atoms with Gasteiger partial charge in [0.05, 0.1) is 31.1 Å². The summed E-state index contributed by atoms with van der Waals surface area (Å²) in [5.74, 6) is 1.67. The highest BCUT2D eigenvalue weighted by molar-refractivity contribution is 7.89. The van der Waals surface area contributed by atoms with Gasteiger partial charge in [-0.2, -0.15) is 4.31 Å². The van der Waals surface area contributed by atoms with E-state index in [1.807, 2.05) is 12.1 Å². The molecule has 168 valence electrons. The van der Waals surface area contributed by atoms with Gasteiger partial charge in [-0.25, -0.2) is 8.42 Å². The lowest BCUT2D eigenvalue weighted by molar-refractivity contribution is -0.384. The zero-order valence-corrected chi connectivity index (χ0v) is 18.4. The number of non-ortho nitro benzene ring substituents is 1. The first-order chi connectivity index (χ1) is 14.8. The van der Waals surface area contributed by atoms with Gasteiger partial charge in [0, 0.05) is 50.4 Å². The second-order valence-corrected chi connectivity index (χ2v) is 8.86. The number of ether oxygens (including phenoxy) is 3. The van der Waals surface area contributed by atoms with Crippen molar-refractivity contribution in [1.82, 2.24) is 9.21 Å². The van der Waals surface area contributed by atoms with E-state index in [4.69, 9.17) is 14.2 Å². The highest BCUT2D eigenvalue weighted by Gasteiger charge is 2.29. The first-order valence-corrected chi connectivity index (χ1v) is 11.0. The number of nitrogens with zero attached hydrogens (tertiary/aromatic N) is 3. The number of piperazine rings is 1. The van der Waals surface area contributed by atoms with E-state index in [2.05, 4.69) is 4.90 Å². The molecule has 0 bridgehead atoms. The van der Waals surface area contributed by atoms with E-state index < -0.39 is 14.9 Å². The van der Waals surface area contributed by atoms with Crippen molar-refractivity contribution in [3.05, 3.63) is 52.1 Å². The molecule has 10 nitrogen and oxygen atoms in total. The summed E-state index contributed by atoms with van der Waals surface area (Å²) in [7, 11) is 0.959. The van der Waals surface area contributed by atoms with Gasteiger partial charge in [-0.15, -0.1) is 0 Å². The minimum Gasteiger partial charge on any atom is -0.493 e. The number of hydrogen-bond donors (Lipinski definition) is 0. The van der Waals surface area contributed by atoms with Crippen molar-refractivity contribution in [2.45, 2.75) is 11.4 Å². The molecule has 0 atom stereocenters. The Morgan fingerprint density at radius 3 is 2.03 bits per heavy atom. The molecule has 0 spiro atoms. The zero-order chi connectivity index (χ0) is 22.6. The van der Waals surface area contributed by atoms with E-state index in [9.17, 15) is 18.5 Å². The van der Waals surface area contributed by atoms with Crippen molar-refractivity contribution in [3.63, 3.8) is 0 Å². The van der Waals surface area contributed by atoms with E-state index in [0.717, 1.165) is 5.56 Å². The first kappa shape index (κ1) is 22.8. The predicted octanol–water partition coefficient (Wildman–Crippen LogP) is 2.13. The average molecular weight is 452 g/mol. The van der Waals surface area contributed by atoms with Gasteiger partial charge in [0.15, 0.2) is 11.5 Å². The minimum absolute atomic E-state index is 0.0492. The number of benzene rings is 2. The normalized spacial score (nSPS) is 15.5. The molecule has 2 aromatic rings. The van der Waals surface area contributed by atoms with Crippen LogP contribution in [0.1, 0.15) is 5.56 Å². The molecule has 31 heavy (non-hydrogen) atoms. The monoisotopic (exact) mass is 451 g/mol. The highest BCUT2D eigenvalue weighted by atomic mass is 32.2. The largest absolute Gasteiger partial charge is 0.493 e. The summed E-state index contributed by atoms with van der Waals surface area (Å²) in [4.78, 5) is 12.4. The third kappa shape index (κ3) is 4.73. The van der Waals surface area contributed by atoms with Crippen LogP contribution < -0.4 is 14.2 Å². The topological polar surface area (TPSA) is 111 Å². The number of nitro benzene ring substituents is 1. The van der Waals surface area contributed by atoms with Crippen molar-refractivity contribution >= 4 is 15.7 Å². The molecule has 1 saturated heterocycles. The van der Waals surface area contributed by atoms with Crippen molar-refractivity contribution in [1.29, 1.82) is 0 Å². The van der Waals surface area contributed by atoms with Gasteiger partial charge >= 0.3 is 0 Å². The van der Waals surface area contributed by atoms with Crippen LogP contribution in [0.25, 0.3) is 0 Å². The molecule has 0 aliphatic carbocycles. The molecule has 3 rings (SSSR count). The van der Waals surface area contributed by atoms with Crippen LogP contribution >= 0.6 is 0 Å². The molecule has 0 aromatic heterocycles. The number of methoxy groups -OCH3 is 3. The summed E-state index contributed by atoms with van der Waals surface area (Å²) in [6, 6.07) is 8.66. The maximum Gasteiger partial charge on any atom is 0.269 e. The zero-order valence-electron chi connectivity index (χ0n) is 17.6. The van der Waals surface area contributed by atoms with Gasteiger partial charge in [0.2, 0.25) is 15.8 Å². The molecule has 0 amide bonds. The fourth-order valence-corrected chi connectivity index (χ4v) is 4.97. The highest BCUT2D eigenvalue weighted by Crippen LogP contribution is 2.40. The molecule has 0 unspecified atom stereocenters. The van der Waals surface area contributed by atoms with Crippen LogP contribution in [0.3, 0.4) is 0 Å². The Morgan fingerprint density at radius 1 is 0.903 bits per heavy atom. The van der Waals surface area contributed by atoms with E-state index in [0.29, 0.717) is 50.0 Å². The van der Waals surface area contributed by atoms with Gasteiger partial charge in [-0.3, -0.25) is 15.0 Å². The molecule has 11 heteroatoms. The Hall–Kier alpha value is -2.89. The van der Waals surface area contributed by atoms with Gasteiger partial charge in [-0.1, -0.05) is 6.07 Å². The van der Waals surface area contributed by atoms with Crippen LogP contribution in [0, 0.1) is 10.1 Å². The Morgan fingerprint density at radius 2 is 1.52 bits per heavy atom. The Bertz CT molecular complexity index is 1030. The van der Waals surface area contributed by atoms with Gasteiger partial charge in [-0.05, 0) is 18.2 Å². The molecular formula is C20H25N3O7S. The second-order valence-electron chi connectivity index (χ2n) is 6.92. The average Bonchev–Trinajstić information content (AvgIpc) is 2.79. The van der Waals surface area contributed by atoms with Gasteiger partial charge < -0.3 is 14.2 Å². The summed E-state index contributed by atoms with van der Waals surface area (Å²) in [5.41, 5.74) is 0.763. The Labute approximate surface area is 181 Å². The maximum atomic E-state index is 12.9. The molecule has 2 aromatic carbocycles. The third-order valence-electron chi connectivity index (χ3n) is 5.20. The number of sulfonamides is 1. The lowest BCUT2D eigenvalue weighted by atomic mass is 10.1. The van der Waals surface area contributed by atoms with Crippen LogP contribution in [0.2, 0.25) is 0 Å². The number of hydrogen-bond acceptors (Lipinski definition) is 8. The summed E-state index contributed by atoms with van der Waals surface area (Å²) in [6.45, 7) is 2.26. The first-order valence-electron chi connectivity index (χ1n) is 9.56. The standard InChI is InChI=1S/C20H25N3O7S/c1-28-18-9-4-15(19(29-2)20(18)30-3)14-21-10-12-22(13-11-21)31(26,27)17-7-5-16(6-8-17)23(24)25/h4-9H,10-14H2,1-3H3. The van der Waals surface area contributed by atoms with Crippen LogP contribution in [0.15, 0.2) is 41.3 Å². The lowest BCUT2D eigenvalue weighted by Gasteiger charge is -2.34. The van der Waals surface area contributed by atoms with E-state index in [1.54, 1.807) is 21.3 Å². The molecule has 1 aliphatic rings. The predicted molar refractivity (Wildman–Crippen MR) is 113 cm³/mol. The molecular weight excluding hydrogens is 426 g/mol. The van der Waals surface area contributed by atoms with Crippen LogP contribution in [0.5, 0.6) is 17.2 Å². The van der Waals surface area contributed by atoms with Crippen LogP contribution in [-0.4, -0.2) is 70.1 Å². The second kappa shape index (κ2) is 9.50. The fraction of sp³-hybridized carbons (Fsp3) is 0.400. The smallest absolute Gasteiger partial charge is 0.269 e. The Kier molecular flexibility index (Phi) is 6.98. The summed E-state index contributed by atoms with van der Waals surface area (Å²) < 4.78 is 43.4. The number of rotatable bonds is 8. The lowest BCUT2D eigenvalue weighted by Crippen LogP contribution is -2.48. The Balaban J connectivity index is 1.69. The fourth-order valence-electron chi connectivity index (χ4n) is 3.55. The van der Waals surface area contributed by atoms with Crippen molar-refractivity contribution in [2.24, 2.45) is 0 Å². The quantitative estimate of drug-likeness (QED) is 0.443. The van der Waals surface area contributed by atoms with Crippen LogP contribution in [-0.2, 0) is 16.6 Å². The van der Waals surface area contributed by atoms with E-state index in [1.165, 1.54) is 28.6 Å². The van der Waals surface area contributed by atoms with E-state index in [-0.39, 0.29) is 10.6 Å². The molecule has 1 fully saturated rings. The van der Waals surface area contributed by atoms with Gasteiger partial charge in [0.1, 0.15) is 0 Å². The maximum absolute atomic E-state index is 12.9. The van der Waals surface area contributed by atoms with Gasteiger partial charge in [0.25, 0.3) is 5.69 Å². The summed E-state index contributed by atoms with van der Waals surface area (Å²) >= 11 is 0.